The number of allylic oxidation sites excluding steroid dienone is 5. The second-order valence-corrected chi connectivity index (χ2v) is 3.67. The Bertz CT molecular complexity index is 340. The molecular formula is C12H15N. The van der Waals surface area contributed by atoms with Crippen LogP contribution in [-0.4, -0.2) is 5.71 Å². The summed E-state index contributed by atoms with van der Waals surface area (Å²) in [4.78, 5) is 4.54. The fourth-order valence-electron chi connectivity index (χ4n) is 1.82. The van der Waals surface area contributed by atoms with Gasteiger partial charge in [-0.15, -0.1) is 0 Å². The van der Waals surface area contributed by atoms with Gasteiger partial charge in [-0.05, 0) is 18.9 Å². The van der Waals surface area contributed by atoms with Gasteiger partial charge in [0.2, 0.25) is 0 Å². The summed E-state index contributed by atoms with van der Waals surface area (Å²) in [5, 5.41) is 0. The first-order valence-corrected chi connectivity index (χ1v) is 4.93. The normalized spacial score (nSPS) is 21.1. The molecule has 0 radical (unpaired) electrons. The van der Waals surface area contributed by atoms with E-state index in [1.54, 1.807) is 0 Å². The summed E-state index contributed by atoms with van der Waals surface area (Å²) in [6.07, 6.45) is 9.95. The van der Waals surface area contributed by atoms with Gasteiger partial charge in [0.05, 0.1) is 0 Å². The third-order valence-electron chi connectivity index (χ3n) is 2.61. The number of aliphatic imine (C=N–C) groups is 1. The molecule has 1 aliphatic heterocycles. The van der Waals surface area contributed by atoms with Crippen molar-refractivity contribution < 1.29 is 0 Å². The third kappa shape index (κ3) is 1.64. The van der Waals surface area contributed by atoms with Crippen molar-refractivity contribution in [3.63, 3.8) is 0 Å². The summed E-state index contributed by atoms with van der Waals surface area (Å²) >= 11 is 0. The smallest absolute Gasteiger partial charge is 0.0476 e. The Labute approximate surface area is 79.6 Å². The van der Waals surface area contributed by atoms with Crippen molar-refractivity contribution in [3.05, 3.63) is 35.1 Å². The van der Waals surface area contributed by atoms with Crippen molar-refractivity contribution >= 4 is 5.71 Å². The zero-order chi connectivity index (χ0) is 9.26. The standard InChI is InChI=1S/C12H15N/c1-3-10-4-6-11-8-9(2)13-12(11)7-5-10/h4-6H,3,7-8H2,1-2H3. The molecule has 0 aromatic rings. The summed E-state index contributed by atoms with van der Waals surface area (Å²) < 4.78 is 0. The average Bonchev–Trinajstić information content (AvgIpc) is 2.37. The van der Waals surface area contributed by atoms with E-state index < -0.39 is 0 Å². The second-order valence-electron chi connectivity index (χ2n) is 3.67. The highest BCUT2D eigenvalue weighted by Gasteiger charge is 2.13. The molecule has 1 aliphatic carbocycles. The van der Waals surface area contributed by atoms with Gasteiger partial charge in [-0.1, -0.05) is 30.7 Å². The van der Waals surface area contributed by atoms with E-state index in [1.165, 1.54) is 22.6 Å². The van der Waals surface area contributed by atoms with Gasteiger partial charge in [-0.2, -0.15) is 0 Å². The molecule has 1 nitrogen and oxygen atoms in total. The molecule has 0 aromatic carbocycles. The van der Waals surface area contributed by atoms with Crippen LogP contribution in [0, 0.1) is 0 Å². The van der Waals surface area contributed by atoms with E-state index in [-0.39, 0.29) is 0 Å². The van der Waals surface area contributed by atoms with Crippen LogP contribution in [-0.2, 0) is 0 Å². The van der Waals surface area contributed by atoms with Gasteiger partial charge >= 0.3 is 0 Å². The van der Waals surface area contributed by atoms with E-state index in [4.69, 9.17) is 0 Å². The van der Waals surface area contributed by atoms with Crippen LogP contribution < -0.4 is 0 Å². The minimum Gasteiger partial charge on any atom is -0.262 e. The third-order valence-corrected chi connectivity index (χ3v) is 2.61. The maximum absolute atomic E-state index is 4.54. The van der Waals surface area contributed by atoms with Crippen LogP contribution in [0.5, 0.6) is 0 Å². The van der Waals surface area contributed by atoms with Crippen LogP contribution in [0.3, 0.4) is 0 Å². The molecule has 0 aromatic heterocycles. The molecule has 0 fully saturated rings. The first kappa shape index (κ1) is 8.49. The minimum atomic E-state index is 1.02. The Morgan fingerprint density at radius 2 is 2.23 bits per heavy atom. The van der Waals surface area contributed by atoms with Gasteiger partial charge < -0.3 is 0 Å². The van der Waals surface area contributed by atoms with Crippen LogP contribution >= 0.6 is 0 Å². The molecule has 0 spiro atoms. The number of rotatable bonds is 1. The predicted molar refractivity (Wildman–Crippen MR) is 56.9 cm³/mol. The van der Waals surface area contributed by atoms with E-state index in [9.17, 15) is 0 Å². The second kappa shape index (κ2) is 3.33. The quantitative estimate of drug-likeness (QED) is 0.576. The van der Waals surface area contributed by atoms with Crippen LogP contribution in [0.4, 0.5) is 0 Å². The molecule has 0 N–H and O–H groups in total. The highest BCUT2D eigenvalue weighted by molar-refractivity contribution is 5.88. The van der Waals surface area contributed by atoms with E-state index in [0.29, 0.717) is 0 Å². The van der Waals surface area contributed by atoms with Gasteiger partial charge in [-0.25, -0.2) is 0 Å². The number of hydrogen-bond acceptors (Lipinski definition) is 1. The summed E-state index contributed by atoms with van der Waals surface area (Å²) in [6.45, 7) is 4.30. The fourth-order valence-corrected chi connectivity index (χ4v) is 1.82. The van der Waals surface area contributed by atoms with Crippen LogP contribution in [0.1, 0.15) is 33.1 Å². The van der Waals surface area contributed by atoms with Crippen molar-refractivity contribution in [2.45, 2.75) is 33.1 Å². The molecule has 2 rings (SSSR count). The number of hydrogen-bond donors (Lipinski definition) is 0. The van der Waals surface area contributed by atoms with Crippen molar-refractivity contribution in [2.75, 3.05) is 0 Å². The van der Waals surface area contributed by atoms with Crippen LogP contribution in [0.25, 0.3) is 0 Å². The molecule has 0 bridgehead atoms. The molecule has 0 atom stereocenters. The molecule has 1 heterocycles. The Morgan fingerprint density at radius 3 is 3.00 bits per heavy atom. The summed E-state index contributed by atoms with van der Waals surface area (Å²) in [7, 11) is 0. The maximum atomic E-state index is 4.54. The molecule has 13 heavy (non-hydrogen) atoms. The Hall–Kier alpha value is -1.11. The zero-order valence-electron chi connectivity index (χ0n) is 8.30. The van der Waals surface area contributed by atoms with E-state index in [0.717, 1.165) is 19.3 Å². The largest absolute Gasteiger partial charge is 0.262 e. The van der Waals surface area contributed by atoms with Crippen molar-refractivity contribution in [1.82, 2.24) is 0 Å². The van der Waals surface area contributed by atoms with E-state index in [1.807, 2.05) is 0 Å². The molecule has 0 amide bonds. The first-order chi connectivity index (χ1) is 6.29. The highest BCUT2D eigenvalue weighted by atomic mass is 14.8. The molecule has 1 heteroatoms. The van der Waals surface area contributed by atoms with Crippen molar-refractivity contribution in [3.8, 4) is 0 Å². The first-order valence-electron chi connectivity index (χ1n) is 4.93. The Morgan fingerprint density at radius 1 is 1.38 bits per heavy atom. The van der Waals surface area contributed by atoms with Crippen molar-refractivity contribution in [1.29, 1.82) is 0 Å². The molecule has 0 unspecified atom stereocenters. The van der Waals surface area contributed by atoms with Crippen LogP contribution in [0.15, 0.2) is 40.1 Å². The zero-order valence-corrected chi connectivity index (χ0v) is 8.30. The molecule has 0 saturated carbocycles. The Balaban J connectivity index is 2.24. The molecule has 68 valence electrons. The summed E-state index contributed by atoms with van der Waals surface area (Å²) in [5.74, 6) is 0. The van der Waals surface area contributed by atoms with Gasteiger partial charge in [0, 0.05) is 24.3 Å². The lowest BCUT2D eigenvalue weighted by Crippen LogP contribution is -1.84. The predicted octanol–water partition coefficient (Wildman–Crippen LogP) is 3.40. The van der Waals surface area contributed by atoms with Gasteiger partial charge in [0.25, 0.3) is 0 Å². The van der Waals surface area contributed by atoms with Gasteiger partial charge in [0.1, 0.15) is 0 Å². The van der Waals surface area contributed by atoms with Crippen LogP contribution in [0.2, 0.25) is 0 Å². The molecule has 0 saturated heterocycles. The fraction of sp³-hybridized carbons (Fsp3) is 0.417. The lowest BCUT2D eigenvalue weighted by molar-refractivity contribution is 1.10. The lowest BCUT2D eigenvalue weighted by atomic mass is 10.1. The van der Waals surface area contributed by atoms with Gasteiger partial charge in [0.15, 0.2) is 0 Å². The minimum absolute atomic E-state index is 1.02. The van der Waals surface area contributed by atoms with Crippen molar-refractivity contribution in [2.24, 2.45) is 4.99 Å². The number of nitrogens with zero attached hydrogens (tertiary/aromatic N) is 1. The highest BCUT2D eigenvalue weighted by Crippen LogP contribution is 2.27. The topological polar surface area (TPSA) is 12.4 Å². The van der Waals surface area contributed by atoms with E-state index in [2.05, 4.69) is 37.1 Å². The maximum Gasteiger partial charge on any atom is 0.0476 e. The summed E-state index contributed by atoms with van der Waals surface area (Å²) in [5.41, 5.74) is 5.37. The molecular weight excluding hydrogens is 158 g/mol. The van der Waals surface area contributed by atoms with E-state index >= 15 is 0 Å². The summed E-state index contributed by atoms with van der Waals surface area (Å²) in [6, 6.07) is 0. The SMILES string of the molecule is CCC1=CCC2=C(C=C1)CC(C)=N2. The van der Waals surface area contributed by atoms with Gasteiger partial charge in [-0.3, -0.25) is 4.99 Å². The Kier molecular flexibility index (Phi) is 2.17. The monoisotopic (exact) mass is 173 g/mol. The lowest BCUT2D eigenvalue weighted by Gasteiger charge is -1.94. The average molecular weight is 173 g/mol. The molecule has 2 aliphatic rings.